The summed E-state index contributed by atoms with van der Waals surface area (Å²) < 4.78 is 3.41. The van der Waals surface area contributed by atoms with Crippen molar-refractivity contribution in [2.24, 2.45) is 4.99 Å². The average Bonchev–Trinajstić information content (AvgIpc) is 3.09. The zero-order valence-corrected chi connectivity index (χ0v) is 15.8. The largest absolute Gasteiger partial charge is 0.859 e. The van der Waals surface area contributed by atoms with Gasteiger partial charge in [0.05, 0.1) is 17.4 Å². The predicted octanol–water partition coefficient (Wildman–Crippen LogP) is 2.88. The first-order chi connectivity index (χ1) is 12.4. The van der Waals surface area contributed by atoms with Crippen LogP contribution in [0.5, 0.6) is 0 Å². The first kappa shape index (κ1) is 17.9. The topological polar surface area (TPSA) is 71.1 Å². The van der Waals surface area contributed by atoms with Crippen LogP contribution in [0.3, 0.4) is 0 Å². The van der Waals surface area contributed by atoms with Crippen molar-refractivity contribution in [2.45, 2.75) is 46.8 Å². The van der Waals surface area contributed by atoms with E-state index in [0.717, 1.165) is 28.3 Å². The van der Waals surface area contributed by atoms with E-state index in [-0.39, 0.29) is 11.9 Å². The Kier molecular flexibility index (Phi) is 4.93. The maximum atomic E-state index is 13.2. The van der Waals surface area contributed by atoms with Gasteiger partial charge in [0.1, 0.15) is 0 Å². The Morgan fingerprint density at radius 2 is 1.42 bits per heavy atom. The van der Waals surface area contributed by atoms with Crippen LogP contribution in [0.1, 0.15) is 47.5 Å². The number of hydrogen-bond acceptors (Lipinski definition) is 4. The van der Waals surface area contributed by atoms with E-state index in [1.54, 1.807) is 9.36 Å². The van der Waals surface area contributed by atoms with Crippen LogP contribution in [-0.2, 0) is 0 Å². The number of nitrogens with zero attached hydrogens (tertiary/aromatic N) is 5. The van der Waals surface area contributed by atoms with Crippen LogP contribution >= 0.6 is 0 Å². The molecule has 0 spiro atoms. The van der Waals surface area contributed by atoms with Gasteiger partial charge in [-0.05, 0) is 52.3 Å². The highest BCUT2D eigenvalue weighted by atomic mass is 16.3. The van der Waals surface area contributed by atoms with Crippen molar-refractivity contribution >= 4 is 5.90 Å². The van der Waals surface area contributed by atoms with E-state index in [1.165, 1.54) is 0 Å². The molecular formula is C20H24N5O-. The normalized spacial score (nSPS) is 13.4. The van der Waals surface area contributed by atoms with E-state index in [4.69, 9.17) is 0 Å². The number of aliphatic imine (C=N–C) groups is 1. The molecule has 0 aliphatic heterocycles. The summed E-state index contributed by atoms with van der Waals surface area (Å²) in [7, 11) is 0. The molecule has 6 heteroatoms. The summed E-state index contributed by atoms with van der Waals surface area (Å²) >= 11 is 0. The molecular weight excluding hydrogens is 326 g/mol. The summed E-state index contributed by atoms with van der Waals surface area (Å²) in [5.41, 5.74) is 4.52. The van der Waals surface area contributed by atoms with Gasteiger partial charge in [-0.1, -0.05) is 30.3 Å². The Bertz CT molecular complexity index is 877. The standard InChI is InChI=1S/C20H25N5O/c1-13-11-15(3)24(22-13)20(25-16(4)12-14(2)23-25)19(26)21-17(5)18-9-7-6-8-10-18/h6-12,17,20H,1-5H3,(H,21,26)/p-1/t17-/m0/s1. The van der Waals surface area contributed by atoms with Crippen molar-refractivity contribution < 1.29 is 5.11 Å². The lowest BCUT2D eigenvalue weighted by Gasteiger charge is -2.27. The van der Waals surface area contributed by atoms with Gasteiger partial charge in [0, 0.05) is 17.3 Å². The van der Waals surface area contributed by atoms with Gasteiger partial charge in [0.25, 0.3) is 0 Å². The molecule has 0 fully saturated rings. The molecule has 2 aromatic heterocycles. The highest BCUT2D eigenvalue weighted by Gasteiger charge is 2.20. The summed E-state index contributed by atoms with van der Waals surface area (Å²) in [4.78, 5) is 4.44. The number of benzene rings is 1. The van der Waals surface area contributed by atoms with E-state index in [1.807, 2.05) is 77.1 Å². The molecule has 0 saturated heterocycles. The molecule has 0 aliphatic rings. The molecule has 0 saturated carbocycles. The van der Waals surface area contributed by atoms with Crippen LogP contribution in [-0.4, -0.2) is 25.5 Å². The number of aryl methyl sites for hydroxylation is 4. The molecule has 0 unspecified atom stereocenters. The third kappa shape index (κ3) is 3.54. The molecule has 2 heterocycles. The number of aromatic nitrogens is 4. The Morgan fingerprint density at radius 1 is 0.923 bits per heavy atom. The van der Waals surface area contributed by atoms with Crippen LogP contribution in [0, 0.1) is 27.7 Å². The van der Waals surface area contributed by atoms with Crippen molar-refractivity contribution in [2.75, 3.05) is 0 Å². The summed E-state index contributed by atoms with van der Waals surface area (Å²) in [6, 6.07) is 13.5. The maximum absolute atomic E-state index is 13.2. The highest BCUT2D eigenvalue weighted by Crippen LogP contribution is 2.21. The summed E-state index contributed by atoms with van der Waals surface area (Å²) in [6.45, 7) is 9.62. The molecule has 0 aliphatic carbocycles. The lowest BCUT2D eigenvalue weighted by Crippen LogP contribution is -2.38. The average molecular weight is 350 g/mol. The maximum Gasteiger partial charge on any atom is 0.172 e. The Balaban J connectivity index is 2.07. The van der Waals surface area contributed by atoms with Crippen molar-refractivity contribution in [3.8, 4) is 0 Å². The van der Waals surface area contributed by atoms with Crippen molar-refractivity contribution in [1.29, 1.82) is 0 Å². The van der Waals surface area contributed by atoms with E-state index < -0.39 is 6.17 Å². The monoisotopic (exact) mass is 350 g/mol. The second kappa shape index (κ2) is 7.15. The highest BCUT2D eigenvalue weighted by molar-refractivity contribution is 5.76. The van der Waals surface area contributed by atoms with E-state index in [9.17, 15) is 5.11 Å². The molecule has 0 radical (unpaired) electrons. The SMILES string of the molecule is Cc1cc(C)n(C(C([O-])=N[C@@H](C)c2ccccc2)n2nc(C)cc2C)n1. The van der Waals surface area contributed by atoms with Gasteiger partial charge < -0.3 is 5.11 Å². The molecule has 1 aromatic carbocycles. The summed E-state index contributed by atoms with van der Waals surface area (Å²) in [6.07, 6.45) is -0.719. The molecule has 1 atom stereocenters. The van der Waals surface area contributed by atoms with E-state index >= 15 is 0 Å². The Morgan fingerprint density at radius 3 is 1.85 bits per heavy atom. The first-order valence-corrected chi connectivity index (χ1v) is 8.72. The second-order valence-corrected chi connectivity index (χ2v) is 6.67. The lowest BCUT2D eigenvalue weighted by atomic mass is 10.1. The molecule has 26 heavy (non-hydrogen) atoms. The fourth-order valence-electron chi connectivity index (χ4n) is 3.16. The van der Waals surface area contributed by atoms with Crippen molar-refractivity contribution in [3.05, 3.63) is 70.8 Å². The van der Waals surface area contributed by atoms with E-state index in [0.29, 0.717) is 0 Å². The molecule has 0 amide bonds. The lowest BCUT2D eigenvalue weighted by molar-refractivity contribution is -0.225. The molecule has 136 valence electrons. The zero-order valence-electron chi connectivity index (χ0n) is 15.8. The molecule has 3 rings (SSSR count). The van der Waals surface area contributed by atoms with Crippen LogP contribution in [0.2, 0.25) is 0 Å². The number of rotatable bonds is 5. The van der Waals surface area contributed by atoms with Crippen LogP contribution < -0.4 is 5.11 Å². The zero-order chi connectivity index (χ0) is 18.8. The second-order valence-electron chi connectivity index (χ2n) is 6.67. The fraction of sp³-hybridized carbons (Fsp3) is 0.350. The van der Waals surface area contributed by atoms with Crippen molar-refractivity contribution in [3.63, 3.8) is 0 Å². The Hall–Kier alpha value is -2.89. The number of hydrogen-bond donors (Lipinski definition) is 0. The summed E-state index contributed by atoms with van der Waals surface area (Å²) in [5.74, 6) is -0.265. The van der Waals surface area contributed by atoms with Gasteiger partial charge >= 0.3 is 0 Å². The Labute approximate surface area is 153 Å². The van der Waals surface area contributed by atoms with Gasteiger partial charge in [-0.15, -0.1) is 0 Å². The van der Waals surface area contributed by atoms with Gasteiger partial charge in [-0.2, -0.15) is 10.2 Å². The van der Waals surface area contributed by atoms with Gasteiger partial charge in [-0.3, -0.25) is 4.99 Å². The minimum atomic E-state index is -0.719. The smallest absolute Gasteiger partial charge is 0.172 e. The van der Waals surface area contributed by atoms with E-state index in [2.05, 4.69) is 15.2 Å². The van der Waals surface area contributed by atoms with Gasteiger partial charge in [0.2, 0.25) is 0 Å². The predicted molar refractivity (Wildman–Crippen MR) is 100 cm³/mol. The molecule has 3 aromatic rings. The van der Waals surface area contributed by atoms with Crippen LogP contribution in [0.4, 0.5) is 0 Å². The third-order valence-corrected chi connectivity index (χ3v) is 4.38. The third-order valence-electron chi connectivity index (χ3n) is 4.38. The van der Waals surface area contributed by atoms with Gasteiger partial charge in [0.15, 0.2) is 6.17 Å². The van der Waals surface area contributed by atoms with Gasteiger partial charge in [-0.25, -0.2) is 9.36 Å². The minimum absolute atomic E-state index is 0.236. The van der Waals surface area contributed by atoms with Crippen LogP contribution in [0.25, 0.3) is 0 Å². The first-order valence-electron chi connectivity index (χ1n) is 8.72. The summed E-state index contributed by atoms with van der Waals surface area (Å²) in [5, 5.41) is 22.2. The molecule has 0 bridgehead atoms. The quantitative estimate of drug-likeness (QED) is 0.525. The minimum Gasteiger partial charge on any atom is -0.859 e. The molecule has 0 N–H and O–H groups in total. The fourth-order valence-corrected chi connectivity index (χ4v) is 3.16. The van der Waals surface area contributed by atoms with Crippen LogP contribution in [0.15, 0.2) is 47.5 Å². The molecule has 6 nitrogen and oxygen atoms in total. The van der Waals surface area contributed by atoms with Crippen molar-refractivity contribution in [1.82, 2.24) is 19.6 Å².